The van der Waals surface area contributed by atoms with Crippen LogP contribution in [0.1, 0.15) is 0 Å². The average molecular weight is 270 g/mol. The van der Waals surface area contributed by atoms with Gasteiger partial charge in [-0.15, -0.1) is 0 Å². The quantitative estimate of drug-likeness (QED) is 0.549. The number of halogens is 1. The molecule has 3 rings (SSSR count). The zero-order valence-electron chi connectivity index (χ0n) is 10.1. The maximum atomic E-state index is 6.01. The molecule has 0 unspecified atom stereocenters. The normalized spacial score (nSPS) is 10.6. The molecular formula is C15H12ClN3. The van der Waals surface area contributed by atoms with Gasteiger partial charge >= 0.3 is 0 Å². The van der Waals surface area contributed by atoms with Gasteiger partial charge in [0.15, 0.2) is 0 Å². The number of nitrogen functional groups attached to an aromatic ring is 1. The van der Waals surface area contributed by atoms with Gasteiger partial charge in [0, 0.05) is 16.0 Å². The molecule has 94 valence electrons. The lowest BCUT2D eigenvalue weighted by molar-refractivity contribution is 1.33. The van der Waals surface area contributed by atoms with Gasteiger partial charge < -0.3 is 5.43 Å². The zero-order chi connectivity index (χ0) is 13.2. The lowest BCUT2D eigenvalue weighted by Crippen LogP contribution is -2.07. The Kier molecular flexibility index (Phi) is 3.07. The number of hydrogen-bond acceptors (Lipinski definition) is 3. The summed E-state index contributed by atoms with van der Waals surface area (Å²) in [4.78, 5) is 4.64. The maximum Gasteiger partial charge on any atom is 0.0731 e. The van der Waals surface area contributed by atoms with Crippen molar-refractivity contribution in [1.29, 1.82) is 0 Å². The van der Waals surface area contributed by atoms with Gasteiger partial charge in [0.25, 0.3) is 0 Å². The molecule has 3 N–H and O–H groups in total. The Morgan fingerprint density at radius 3 is 2.53 bits per heavy atom. The molecule has 0 saturated carbocycles. The fourth-order valence-corrected chi connectivity index (χ4v) is 2.25. The van der Waals surface area contributed by atoms with Crippen LogP contribution in [0, 0.1) is 0 Å². The number of nitrogens with one attached hydrogen (secondary N) is 1. The van der Waals surface area contributed by atoms with Crippen molar-refractivity contribution in [2.75, 3.05) is 5.43 Å². The van der Waals surface area contributed by atoms with Crippen LogP contribution in [-0.2, 0) is 0 Å². The highest BCUT2D eigenvalue weighted by molar-refractivity contribution is 6.31. The zero-order valence-corrected chi connectivity index (χ0v) is 10.9. The predicted molar refractivity (Wildman–Crippen MR) is 80.0 cm³/mol. The number of anilines is 1. The fourth-order valence-electron chi connectivity index (χ4n) is 2.07. The average Bonchev–Trinajstić information content (AvgIpc) is 2.47. The molecule has 0 saturated heterocycles. The van der Waals surface area contributed by atoms with Gasteiger partial charge in [-0.2, -0.15) is 0 Å². The highest BCUT2D eigenvalue weighted by Gasteiger charge is 2.07. The Labute approximate surface area is 116 Å². The summed E-state index contributed by atoms with van der Waals surface area (Å²) >= 11 is 6.01. The van der Waals surface area contributed by atoms with Gasteiger partial charge in [0.2, 0.25) is 0 Å². The summed E-state index contributed by atoms with van der Waals surface area (Å²) in [5.74, 6) is 5.59. The van der Waals surface area contributed by atoms with E-state index in [4.69, 9.17) is 17.4 Å². The van der Waals surface area contributed by atoms with Crippen molar-refractivity contribution in [1.82, 2.24) is 4.98 Å². The lowest BCUT2D eigenvalue weighted by Gasteiger charge is -2.09. The minimum atomic E-state index is 0.665. The van der Waals surface area contributed by atoms with E-state index in [0.717, 1.165) is 27.8 Å². The second kappa shape index (κ2) is 4.88. The molecule has 0 atom stereocenters. The minimum absolute atomic E-state index is 0.665. The van der Waals surface area contributed by atoms with Crippen molar-refractivity contribution < 1.29 is 0 Å². The second-order valence-corrected chi connectivity index (χ2v) is 4.66. The summed E-state index contributed by atoms with van der Waals surface area (Å²) in [7, 11) is 0. The van der Waals surface area contributed by atoms with E-state index in [9.17, 15) is 0 Å². The van der Waals surface area contributed by atoms with Crippen molar-refractivity contribution in [2.24, 2.45) is 5.84 Å². The maximum absolute atomic E-state index is 6.01. The number of rotatable bonds is 2. The summed E-state index contributed by atoms with van der Waals surface area (Å²) in [5, 5.41) is 1.58. The van der Waals surface area contributed by atoms with Crippen molar-refractivity contribution in [3.63, 3.8) is 0 Å². The van der Waals surface area contributed by atoms with Gasteiger partial charge in [-0.1, -0.05) is 41.9 Å². The van der Waals surface area contributed by atoms with Gasteiger partial charge in [-0.05, 0) is 24.3 Å². The minimum Gasteiger partial charge on any atom is -0.323 e. The molecule has 0 spiro atoms. The molecule has 3 nitrogen and oxygen atoms in total. The largest absolute Gasteiger partial charge is 0.323 e. The first-order valence-corrected chi connectivity index (χ1v) is 6.28. The highest BCUT2D eigenvalue weighted by Crippen LogP contribution is 2.29. The van der Waals surface area contributed by atoms with Gasteiger partial charge in [-0.3, -0.25) is 5.84 Å². The number of benzene rings is 2. The third-order valence-electron chi connectivity index (χ3n) is 3.00. The molecule has 3 aromatic rings. The number of nitrogens with two attached hydrogens (primary N) is 1. The van der Waals surface area contributed by atoms with Crippen molar-refractivity contribution in [3.8, 4) is 11.3 Å². The van der Waals surface area contributed by atoms with E-state index in [2.05, 4.69) is 10.4 Å². The van der Waals surface area contributed by atoms with Crippen LogP contribution in [-0.4, -0.2) is 4.98 Å². The van der Waals surface area contributed by atoms with E-state index >= 15 is 0 Å². The molecule has 0 amide bonds. The molecule has 19 heavy (non-hydrogen) atoms. The molecule has 0 fully saturated rings. The number of hydrogen-bond donors (Lipinski definition) is 2. The molecule has 1 heterocycles. The number of hydrazine groups is 1. The van der Waals surface area contributed by atoms with E-state index in [-0.39, 0.29) is 0 Å². The van der Waals surface area contributed by atoms with Crippen LogP contribution in [0.15, 0.2) is 54.6 Å². The molecule has 0 aliphatic carbocycles. The van der Waals surface area contributed by atoms with E-state index in [1.807, 2.05) is 54.6 Å². The summed E-state index contributed by atoms with van der Waals surface area (Å²) in [6.45, 7) is 0. The van der Waals surface area contributed by atoms with Crippen LogP contribution < -0.4 is 11.3 Å². The Morgan fingerprint density at radius 2 is 1.79 bits per heavy atom. The SMILES string of the molecule is NNc1cc(-c2ccccc2)nc2ccc(Cl)cc12. The second-order valence-electron chi connectivity index (χ2n) is 4.23. The topological polar surface area (TPSA) is 50.9 Å². The molecule has 0 bridgehead atoms. The molecule has 2 aromatic carbocycles. The number of aromatic nitrogens is 1. The predicted octanol–water partition coefficient (Wildman–Crippen LogP) is 3.84. The summed E-state index contributed by atoms with van der Waals surface area (Å²) < 4.78 is 0. The Hall–Kier alpha value is -2.10. The van der Waals surface area contributed by atoms with E-state index in [1.54, 1.807) is 0 Å². The summed E-state index contributed by atoms with van der Waals surface area (Å²) in [5.41, 5.74) is 6.31. The van der Waals surface area contributed by atoms with Gasteiger partial charge in [0.1, 0.15) is 0 Å². The van der Waals surface area contributed by atoms with Crippen molar-refractivity contribution >= 4 is 28.2 Å². The summed E-state index contributed by atoms with van der Waals surface area (Å²) in [6.07, 6.45) is 0. The van der Waals surface area contributed by atoms with Gasteiger partial charge in [-0.25, -0.2) is 4.98 Å². The van der Waals surface area contributed by atoms with Crippen LogP contribution in [0.4, 0.5) is 5.69 Å². The molecule has 1 aromatic heterocycles. The molecule has 0 aliphatic rings. The first-order chi connectivity index (χ1) is 9.28. The number of fused-ring (bicyclic) bond motifs is 1. The number of nitrogens with zero attached hydrogens (tertiary/aromatic N) is 1. The van der Waals surface area contributed by atoms with Crippen LogP contribution in [0.25, 0.3) is 22.2 Å². The van der Waals surface area contributed by atoms with Crippen LogP contribution >= 0.6 is 11.6 Å². The molecule has 4 heteroatoms. The van der Waals surface area contributed by atoms with Crippen LogP contribution in [0.2, 0.25) is 5.02 Å². The first kappa shape index (κ1) is 12.0. The summed E-state index contributed by atoms with van der Waals surface area (Å²) in [6, 6.07) is 17.5. The molecule has 0 aliphatic heterocycles. The third kappa shape index (κ3) is 2.26. The Balaban J connectivity index is 2.26. The van der Waals surface area contributed by atoms with Crippen molar-refractivity contribution in [3.05, 3.63) is 59.6 Å². The van der Waals surface area contributed by atoms with E-state index in [1.165, 1.54) is 0 Å². The third-order valence-corrected chi connectivity index (χ3v) is 3.23. The fraction of sp³-hybridized carbons (Fsp3) is 0. The molecular weight excluding hydrogens is 258 g/mol. The van der Waals surface area contributed by atoms with Crippen molar-refractivity contribution in [2.45, 2.75) is 0 Å². The Bertz CT molecular complexity index is 726. The first-order valence-electron chi connectivity index (χ1n) is 5.90. The standard InChI is InChI=1S/C15H12ClN3/c16-11-6-7-13-12(8-11)15(19-17)9-14(18-13)10-4-2-1-3-5-10/h1-9H,17H2,(H,18,19). The van der Waals surface area contributed by atoms with E-state index < -0.39 is 0 Å². The Morgan fingerprint density at radius 1 is 1.00 bits per heavy atom. The van der Waals surface area contributed by atoms with Crippen LogP contribution in [0.5, 0.6) is 0 Å². The van der Waals surface area contributed by atoms with Gasteiger partial charge in [0.05, 0.1) is 16.9 Å². The monoisotopic (exact) mass is 269 g/mol. The highest BCUT2D eigenvalue weighted by atomic mass is 35.5. The lowest BCUT2D eigenvalue weighted by atomic mass is 10.1. The van der Waals surface area contributed by atoms with E-state index in [0.29, 0.717) is 5.02 Å². The number of pyridine rings is 1. The smallest absolute Gasteiger partial charge is 0.0731 e. The molecule has 0 radical (unpaired) electrons. The van der Waals surface area contributed by atoms with Crippen LogP contribution in [0.3, 0.4) is 0 Å².